The molecular weight excluding hydrogens is 178 g/mol. The Bertz CT molecular complexity index is 151. The van der Waals surface area contributed by atoms with Gasteiger partial charge in [-0.3, -0.25) is 0 Å². The van der Waals surface area contributed by atoms with Gasteiger partial charge in [0.2, 0.25) is 0 Å². The second-order valence-corrected chi connectivity index (χ2v) is 4.55. The molecule has 0 amide bonds. The summed E-state index contributed by atoms with van der Waals surface area (Å²) in [5.74, 6) is 0. The molecule has 84 valence electrons. The van der Waals surface area contributed by atoms with E-state index in [0.29, 0.717) is 5.41 Å². The Morgan fingerprint density at radius 2 is 1.79 bits per heavy atom. The summed E-state index contributed by atoms with van der Waals surface area (Å²) in [6, 6.07) is 0. The lowest BCUT2D eigenvalue weighted by Gasteiger charge is -2.25. The highest BCUT2D eigenvalue weighted by Gasteiger charge is 2.28. The Balaban J connectivity index is 2.13. The van der Waals surface area contributed by atoms with Crippen LogP contribution in [0.3, 0.4) is 0 Å². The van der Waals surface area contributed by atoms with E-state index in [9.17, 15) is 0 Å². The first-order chi connectivity index (χ1) is 6.70. The van der Waals surface area contributed by atoms with Crippen LogP contribution >= 0.6 is 0 Å². The van der Waals surface area contributed by atoms with Gasteiger partial charge in [-0.05, 0) is 18.3 Å². The predicted octanol–water partition coefficient (Wildman–Crippen LogP) is 1.78. The van der Waals surface area contributed by atoms with E-state index >= 15 is 0 Å². The van der Waals surface area contributed by atoms with E-state index in [4.69, 9.17) is 9.47 Å². The summed E-state index contributed by atoms with van der Waals surface area (Å²) < 4.78 is 10.2. The van der Waals surface area contributed by atoms with Gasteiger partial charge in [-0.2, -0.15) is 0 Å². The Morgan fingerprint density at radius 1 is 1.21 bits per heavy atom. The van der Waals surface area contributed by atoms with E-state index in [2.05, 4.69) is 12.2 Å². The lowest BCUT2D eigenvalue weighted by Crippen LogP contribution is -2.36. The molecule has 0 bridgehead atoms. The highest BCUT2D eigenvalue weighted by atomic mass is 16.7. The summed E-state index contributed by atoms with van der Waals surface area (Å²) in [6.07, 6.45) is 5.36. The van der Waals surface area contributed by atoms with Crippen molar-refractivity contribution in [1.29, 1.82) is 0 Å². The predicted molar refractivity (Wildman–Crippen MR) is 57.3 cm³/mol. The van der Waals surface area contributed by atoms with E-state index in [-0.39, 0.29) is 6.29 Å². The zero-order valence-corrected chi connectivity index (χ0v) is 9.64. The summed E-state index contributed by atoms with van der Waals surface area (Å²) >= 11 is 0. The fraction of sp³-hybridized carbons (Fsp3) is 1.00. The molecule has 3 nitrogen and oxygen atoms in total. The minimum atomic E-state index is -0.111. The summed E-state index contributed by atoms with van der Waals surface area (Å²) in [5.41, 5.74) is 0.506. The summed E-state index contributed by atoms with van der Waals surface area (Å²) in [4.78, 5) is 0. The number of methoxy groups -OCH3 is 2. The Kier molecular flexibility index (Phi) is 4.85. The molecule has 0 aliphatic heterocycles. The number of ether oxygens (including phenoxy) is 2. The zero-order valence-electron chi connectivity index (χ0n) is 9.64. The van der Waals surface area contributed by atoms with E-state index in [1.165, 1.54) is 25.7 Å². The molecule has 0 aromatic rings. The lowest BCUT2D eigenvalue weighted by atomic mass is 9.89. The summed E-state index contributed by atoms with van der Waals surface area (Å²) in [5, 5.41) is 3.42. The van der Waals surface area contributed by atoms with E-state index < -0.39 is 0 Å². The fourth-order valence-corrected chi connectivity index (χ4v) is 2.16. The molecule has 0 saturated heterocycles. The standard InChI is InChI=1S/C11H23NO2/c1-11(6-4-5-7-11)9-12-8-10(13-2)14-3/h10,12H,4-9H2,1-3H3. The maximum atomic E-state index is 5.11. The maximum absolute atomic E-state index is 5.11. The van der Waals surface area contributed by atoms with Crippen molar-refractivity contribution in [2.24, 2.45) is 5.41 Å². The van der Waals surface area contributed by atoms with Crippen LogP contribution in [0.4, 0.5) is 0 Å². The second kappa shape index (κ2) is 5.69. The Hall–Kier alpha value is -0.120. The minimum absolute atomic E-state index is 0.111. The number of hydrogen-bond donors (Lipinski definition) is 1. The molecule has 0 radical (unpaired) electrons. The smallest absolute Gasteiger partial charge is 0.169 e. The van der Waals surface area contributed by atoms with Crippen molar-refractivity contribution in [2.45, 2.75) is 38.9 Å². The molecule has 1 aliphatic rings. The van der Waals surface area contributed by atoms with Crippen molar-refractivity contribution in [3.63, 3.8) is 0 Å². The molecule has 1 saturated carbocycles. The third-order valence-electron chi connectivity index (χ3n) is 3.20. The van der Waals surface area contributed by atoms with Crippen LogP contribution in [-0.2, 0) is 9.47 Å². The van der Waals surface area contributed by atoms with Gasteiger partial charge in [-0.1, -0.05) is 19.8 Å². The first-order valence-electron chi connectivity index (χ1n) is 5.46. The van der Waals surface area contributed by atoms with E-state index in [1.54, 1.807) is 14.2 Å². The number of hydrogen-bond acceptors (Lipinski definition) is 3. The molecule has 0 aromatic carbocycles. The van der Waals surface area contributed by atoms with Crippen LogP contribution in [0.1, 0.15) is 32.6 Å². The van der Waals surface area contributed by atoms with Crippen LogP contribution in [0.15, 0.2) is 0 Å². The molecule has 0 spiro atoms. The Morgan fingerprint density at radius 3 is 2.29 bits per heavy atom. The van der Waals surface area contributed by atoms with Crippen LogP contribution in [0.25, 0.3) is 0 Å². The maximum Gasteiger partial charge on any atom is 0.169 e. The van der Waals surface area contributed by atoms with Crippen LogP contribution in [0.5, 0.6) is 0 Å². The quantitative estimate of drug-likeness (QED) is 0.664. The molecule has 3 heteroatoms. The first kappa shape index (κ1) is 12.0. The summed E-state index contributed by atoms with van der Waals surface area (Å²) in [7, 11) is 3.35. The third kappa shape index (κ3) is 3.56. The molecule has 14 heavy (non-hydrogen) atoms. The van der Waals surface area contributed by atoms with Gasteiger partial charge in [-0.25, -0.2) is 0 Å². The van der Waals surface area contributed by atoms with Crippen molar-refractivity contribution in [1.82, 2.24) is 5.32 Å². The zero-order chi connectivity index (χ0) is 10.4. The van der Waals surface area contributed by atoms with Crippen LogP contribution in [-0.4, -0.2) is 33.6 Å². The molecule has 1 N–H and O–H groups in total. The van der Waals surface area contributed by atoms with Crippen molar-refractivity contribution in [3.8, 4) is 0 Å². The monoisotopic (exact) mass is 201 g/mol. The summed E-state index contributed by atoms with van der Waals surface area (Å²) in [6.45, 7) is 4.22. The number of rotatable bonds is 6. The second-order valence-electron chi connectivity index (χ2n) is 4.55. The van der Waals surface area contributed by atoms with Crippen molar-refractivity contribution >= 4 is 0 Å². The lowest BCUT2D eigenvalue weighted by molar-refractivity contribution is -0.0994. The van der Waals surface area contributed by atoms with Gasteiger partial charge < -0.3 is 14.8 Å². The largest absolute Gasteiger partial charge is 0.355 e. The van der Waals surface area contributed by atoms with Gasteiger partial charge >= 0.3 is 0 Å². The van der Waals surface area contributed by atoms with Crippen molar-refractivity contribution < 1.29 is 9.47 Å². The molecule has 0 unspecified atom stereocenters. The molecule has 1 aliphatic carbocycles. The highest BCUT2D eigenvalue weighted by Crippen LogP contribution is 2.36. The van der Waals surface area contributed by atoms with Gasteiger partial charge in [-0.15, -0.1) is 0 Å². The van der Waals surface area contributed by atoms with Gasteiger partial charge in [0.1, 0.15) is 0 Å². The van der Waals surface area contributed by atoms with Crippen LogP contribution in [0.2, 0.25) is 0 Å². The van der Waals surface area contributed by atoms with Gasteiger partial charge in [0.25, 0.3) is 0 Å². The topological polar surface area (TPSA) is 30.5 Å². The van der Waals surface area contributed by atoms with Gasteiger partial charge in [0.05, 0.1) is 0 Å². The minimum Gasteiger partial charge on any atom is -0.355 e. The fourth-order valence-electron chi connectivity index (χ4n) is 2.16. The Labute approximate surface area is 87.2 Å². The molecule has 0 atom stereocenters. The van der Waals surface area contributed by atoms with E-state index in [1.807, 2.05) is 0 Å². The molecule has 0 aromatic heterocycles. The highest BCUT2D eigenvalue weighted by molar-refractivity contribution is 4.82. The molecule has 1 rings (SSSR count). The molecule has 1 fully saturated rings. The van der Waals surface area contributed by atoms with Crippen molar-refractivity contribution in [3.05, 3.63) is 0 Å². The normalized spacial score (nSPS) is 20.6. The van der Waals surface area contributed by atoms with E-state index in [0.717, 1.165) is 13.1 Å². The average molecular weight is 201 g/mol. The van der Waals surface area contributed by atoms with Crippen LogP contribution < -0.4 is 5.32 Å². The third-order valence-corrected chi connectivity index (χ3v) is 3.20. The average Bonchev–Trinajstić information content (AvgIpc) is 2.60. The SMILES string of the molecule is COC(CNCC1(C)CCCC1)OC. The first-order valence-corrected chi connectivity index (χ1v) is 5.46. The van der Waals surface area contributed by atoms with Gasteiger partial charge in [0, 0.05) is 27.3 Å². The molecular formula is C11H23NO2. The van der Waals surface area contributed by atoms with Crippen LogP contribution in [0, 0.1) is 5.41 Å². The van der Waals surface area contributed by atoms with Gasteiger partial charge in [0.15, 0.2) is 6.29 Å². The number of nitrogens with one attached hydrogen (secondary N) is 1. The molecule has 0 heterocycles. The van der Waals surface area contributed by atoms with Crippen molar-refractivity contribution in [2.75, 3.05) is 27.3 Å².